The Morgan fingerprint density at radius 2 is 1.48 bits per heavy atom. The Morgan fingerprint density at radius 3 is 1.81 bits per heavy atom. The fourth-order valence-electron chi connectivity index (χ4n) is 1.06. The van der Waals surface area contributed by atoms with Crippen LogP contribution in [0, 0.1) is 5.92 Å². The summed E-state index contributed by atoms with van der Waals surface area (Å²) < 4.78 is 0. The van der Waals surface area contributed by atoms with Gasteiger partial charge >= 0.3 is 11.9 Å². The Morgan fingerprint density at radius 1 is 1.00 bits per heavy atom. The molecule has 1 aliphatic rings. The zero-order valence-corrected chi connectivity index (χ0v) is 12.8. The smallest absolute Gasteiger partial charge is 0.325 e. The summed E-state index contributed by atoms with van der Waals surface area (Å²) in [6.07, 6.45) is 3.01. The lowest BCUT2D eigenvalue weighted by Crippen LogP contribution is -2.23. The molecule has 1 aliphatic carbocycles. The monoisotopic (exact) mass is 300 g/mol. The maximum Gasteiger partial charge on any atom is 0.338 e. The molecule has 0 atom stereocenters. The molecular weight excluding hydrogens is 276 g/mol. The van der Waals surface area contributed by atoms with Crippen LogP contribution in [-0.4, -0.2) is 36.5 Å². The molecule has 0 bridgehead atoms. The average molecular weight is 300 g/mol. The van der Waals surface area contributed by atoms with E-state index in [1.807, 2.05) is 0 Å². The fraction of sp³-hybridized carbons (Fsp3) is 0.692. The van der Waals surface area contributed by atoms with Gasteiger partial charge in [0.25, 0.3) is 0 Å². The molecule has 120 valence electrons. The SMILES string of the molecule is C/C(CN)=N/OC(=O)C1CCC1.CC(=O)O/N=C(/C)CN. The molecule has 21 heavy (non-hydrogen) atoms. The minimum absolute atomic E-state index is 0.0827. The van der Waals surface area contributed by atoms with E-state index < -0.39 is 5.97 Å². The Kier molecular flexibility index (Phi) is 9.99. The predicted molar refractivity (Wildman–Crippen MR) is 79.5 cm³/mol. The number of rotatable bonds is 5. The number of hydrogen-bond donors (Lipinski definition) is 2. The van der Waals surface area contributed by atoms with Crippen molar-refractivity contribution in [3.63, 3.8) is 0 Å². The van der Waals surface area contributed by atoms with Crippen LogP contribution in [0.5, 0.6) is 0 Å². The highest BCUT2D eigenvalue weighted by atomic mass is 16.7. The van der Waals surface area contributed by atoms with Crippen LogP contribution < -0.4 is 11.5 Å². The third-order valence-corrected chi connectivity index (χ3v) is 2.65. The Bertz CT molecular complexity index is 403. The summed E-state index contributed by atoms with van der Waals surface area (Å²) in [6, 6.07) is 0. The zero-order chi connectivity index (χ0) is 16.3. The molecule has 0 unspecified atom stereocenters. The normalized spacial score (nSPS) is 15.5. The third-order valence-electron chi connectivity index (χ3n) is 2.65. The number of nitrogens with zero attached hydrogens (tertiary/aromatic N) is 2. The molecule has 4 N–H and O–H groups in total. The van der Waals surface area contributed by atoms with E-state index in [0.29, 0.717) is 24.5 Å². The van der Waals surface area contributed by atoms with Crippen molar-refractivity contribution in [3.05, 3.63) is 0 Å². The van der Waals surface area contributed by atoms with E-state index in [4.69, 9.17) is 11.5 Å². The summed E-state index contributed by atoms with van der Waals surface area (Å²) in [4.78, 5) is 30.1. The molecule has 0 saturated heterocycles. The van der Waals surface area contributed by atoms with Crippen LogP contribution in [0.15, 0.2) is 10.3 Å². The van der Waals surface area contributed by atoms with E-state index in [2.05, 4.69) is 20.0 Å². The summed E-state index contributed by atoms with van der Waals surface area (Å²) in [7, 11) is 0. The summed E-state index contributed by atoms with van der Waals surface area (Å²) >= 11 is 0. The number of oxime groups is 2. The van der Waals surface area contributed by atoms with Crippen LogP contribution in [0.3, 0.4) is 0 Å². The molecule has 0 amide bonds. The minimum Gasteiger partial charge on any atom is -0.325 e. The molecule has 8 heteroatoms. The maximum absolute atomic E-state index is 11.1. The third kappa shape index (κ3) is 9.69. The topological polar surface area (TPSA) is 129 Å². The predicted octanol–water partition coefficient (Wildman–Crippen LogP) is 0.548. The van der Waals surface area contributed by atoms with Crippen molar-refractivity contribution in [2.75, 3.05) is 13.1 Å². The molecule has 0 spiro atoms. The lowest BCUT2D eigenvalue weighted by molar-refractivity contribution is -0.151. The highest BCUT2D eigenvalue weighted by molar-refractivity contribution is 5.84. The van der Waals surface area contributed by atoms with E-state index in [1.54, 1.807) is 13.8 Å². The van der Waals surface area contributed by atoms with Crippen LogP contribution in [0.1, 0.15) is 40.0 Å². The van der Waals surface area contributed by atoms with Crippen LogP contribution >= 0.6 is 0 Å². The van der Waals surface area contributed by atoms with E-state index >= 15 is 0 Å². The number of hydrogen-bond acceptors (Lipinski definition) is 8. The van der Waals surface area contributed by atoms with Gasteiger partial charge in [0.2, 0.25) is 0 Å². The van der Waals surface area contributed by atoms with Gasteiger partial charge in [-0.05, 0) is 26.7 Å². The molecule has 0 aromatic heterocycles. The first-order chi connectivity index (χ1) is 9.90. The number of nitrogens with two attached hydrogens (primary N) is 2. The second-order valence-electron chi connectivity index (χ2n) is 4.68. The Hall–Kier alpha value is -1.80. The molecule has 0 radical (unpaired) electrons. The summed E-state index contributed by atoms with van der Waals surface area (Å²) in [6.45, 7) is 5.34. The second kappa shape index (κ2) is 10.9. The van der Waals surface area contributed by atoms with E-state index in [1.165, 1.54) is 6.92 Å². The van der Waals surface area contributed by atoms with Gasteiger partial charge in [0.15, 0.2) is 0 Å². The molecule has 0 aromatic rings. The van der Waals surface area contributed by atoms with Gasteiger partial charge in [-0.25, -0.2) is 9.59 Å². The van der Waals surface area contributed by atoms with Crippen LogP contribution in [-0.2, 0) is 19.3 Å². The van der Waals surface area contributed by atoms with Crippen LogP contribution in [0.4, 0.5) is 0 Å². The summed E-state index contributed by atoms with van der Waals surface area (Å²) in [5.41, 5.74) is 11.6. The van der Waals surface area contributed by atoms with Gasteiger partial charge in [0, 0.05) is 20.0 Å². The molecular formula is C13H24N4O4. The van der Waals surface area contributed by atoms with Crippen LogP contribution in [0.2, 0.25) is 0 Å². The molecule has 1 saturated carbocycles. The van der Waals surface area contributed by atoms with Crippen molar-refractivity contribution in [1.82, 2.24) is 0 Å². The van der Waals surface area contributed by atoms with Crippen molar-refractivity contribution < 1.29 is 19.3 Å². The quantitative estimate of drug-likeness (QED) is 0.433. The van der Waals surface area contributed by atoms with Crippen molar-refractivity contribution in [3.8, 4) is 0 Å². The second-order valence-corrected chi connectivity index (χ2v) is 4.68. The van der Waals surface area contributed by atoms with Gasteiger partial charge in [0.05, 0.1) is 17.3 Å². The van der Waals surface area contributed by atoms with E-state index in [0.717, 1.165) is 19.3 Å². The standard InChI is InChI=1S/C8H14N2O2.C5H10N2O2/c1-6(5-9)10-12-8(11)7-3-2-4-7;1-4(3-6)7-9-5(2)8/h7H,2-5,9H2,1H3;3,6H2,1-2H3/b10-6-;7-4-. The molecule has 1 rings (SSSR count). The average Bonchev–Trinajstić information content (AvgIpc) is 2.40. The van der Waals surface area contributed by atoms with Gasteiger partial charge in [-0.1, -0.05) is 16.7 Å². The number of carbonyl (C=O) groups is 2. The lowest BCUT2D eigenvalue weighted by Gasteiger charge is -2.21. The van der Waals surface area contributed by atoms with Gasteiger partial charge in [-0.3, -0.25) is 0 Å². The molecule has 0 heterocycles. The van der Waals surface area contributed by atoms with Crippen molar-refractivity contribution in [2.24, 2.45) is 27.7 Å². The highest BCUT2D eigenvalue weighted by Crippen LogP contribution is 2.27. The zero-order valence-electron chi connectivity index (χ0n) is 12.8. The Balaban J connectivity index is 0.000000400. The first-order valence-electron chi connectivity index (χ1n) is 6.76. The molecule has 8 nitrogen and oxygen atoms in total. The fourth-order valence-corrected chi connectivity index (χ4v) is 1.06. The van der Waals surface area contributed by atoms with E-state index in [-0.39, 0.29) is 11.9 Å². The van der Waals surface area contributed by atoms with E-state index in [9.17, 15) is 9.59 Å². The molecule has 0 aromatic carbocycles. The lowest BCUT2D eigenvalue weighted by atomic mass is 9.86. The van der Waals surface area contributed by atoms with Crippen molar-refractivity contribution in [1.29, 1.82) is 0 Å². The van der Waals surface area contributed by atoms with Gasteiger partial charge in [-0.2, -0.15) is 0 Å². The van der Waals surface area contributed by atoms with Crippen molar-refractivity contribution in [2.45, 2.75) is 40.0 Å². The number of carbonyl (C=O) groups excluding carboxylic acids is 2. The van der Waals surface area contributed by atoms with Crippen molar-refractivity contribution >= 4 is 23.4 Å². The van der Waals surface area contributed by atoms with Gasteiger partial charge in [0.1, 0.15) is 0 Å². The molecule has 1 fully saturated rings. The van der Waals surface area contributed by atoms with Gasteiger partial charge < -0.3 is 21.1 Å². The largest absolute Gasteiger partial charge is 0.338 e. The first-order valence-corrected chi connectivity index (χ1v) is 6.76. The highest BCUT2D eigenvalue weighted by Gasteiger charge is 2.26. The summed E-state index contributed by atoms with van der Waals surface area (Å²) in [5.74, 6) is -0.559. The minimum atomic E-state index is -0.428. The van der Waals surface area contributed by atoms with Crippen LogP contribution in [0.25, 0.3) is 0 Å². The summed E-state index contributed by atoms with van der Waals surface area (Å²) in [5, 5.41) is 6.97. The Labute approximate surface area is 124 Å². The first kappa shape index (κ1) is 19.2. The molecule has 0 aliphatic heterocycles. The van der Waals surface area contributed by atoms with Gasteiger partial charge in [-0.15, -0.1) is 0 Å². The maximum atomic E-state index is 11.1.